The molecule has 0 radical (unpaired) electrons. The number of benzene rings is 1. The highest BCUT2D eigenvalue weighted by Gasteiger charge is 2.11. The van der Waals surface area contributed by atoms with Gasteiger partial charge in [-0.05, 0) is 12.1 Å². The second-order valence-electron chi connectivity index (χ2n) is 4.18. The van der Waals surface area contributed by atoms with E-state index in [1.165, 1.54) is 0 Å². The molecule has 8 heteroatoms. The lowest BCUT2D eigenvalue weighted by Gasteiger charge is -2.06. The quantitative estimate of drug-likeness (QED) is 0.723. The summed E-state index contributed by atoms with van der Waals surface area (Å²) in [5.74, 6) is -1.96. The largest absolute Gasteiger partial charge is 0.357 e. The molecule has 3 aromatic rings. The summed E-state index contributed by atoms with van der Waals surface area (Å²) in [5.41, 5.74) is 2.14. The molecule has 0 atom stereocenters. The van der Waals surface area contributed by atoms with Crippen molar-refractivity contribution >= 4 is 28.7 Å². The minimum absolute atomic E-state index is 0.466. The van der Waals surface area contributed by atoms with Crippen LogP contribution in [0.2, 0.25) is 0 Å². The van der Waals surface area contributed by atoms with Crippen LogP contribution in [0.4, 0.5) is 14.7 Å². The summed E-state index contributed by atoms with van der Waals surface area (Å²) < 4.78 is 24.7. The Bertz CT molecular complexity index is 757. The molecule has 0 aliphatic carbocycles. The van der Waals surface area contributed by atoms with Crippen molar-refractivity contribution in [1.29, 1.82) is 0 Å². The van der Waals surface area contributed by atoms with Gasteiger partial charge in [-0.2, -0.15) is 18.9 Å². The molecule has 0 unspecified atom stereocenters. The predicted molar refractivity (Wildman–Crippen MR) is 78.5 cm³/mol. The number of H-pyrrole nitrogens is 1. The van der Waals surface area contributed by atoms with E-state index in [0.29, 0.717) is 33.9 Å². The smallest absolute Gasteiger partial charge is 0.288 e. The van der Waals surface area contributed by atoms with Gasteiger partial charge < -0.3 is 5.32 Å². The first-order valence-corrected chi connectivity index (χ1v) is 6.99. The lowest BCUT2D eigenvalue weighted by atomic mass is 10.1. The lowest BCUT2D eigenvalue weighted by molar-refractivity contribution is 0.252. The third-order valence-electron chi connectivity index (χ3n) is 2.89. The van der Waals surface area contributed by atoms with Gasteiger partial charge in [-0.3, -0.25) is 5.10 Å². The van der Waals surface area contributed by atoms with E-state index < -0.39 is 5.76 Å². The van der Waals surface area contributed by atoms with Gasteiger partial charge >= 0.3 is 0 Å². The third kappa shape index (κ3) is 2.80. The Labute approximate surface area is 123 Å². The number of hydrogen-bond donors (Lipinski definition) is 2. The monoisotopic (exact) mass is 307 g/mol. The van der Waals surface area contributed by atoms with Gasteiger partial charge in [-0.15, -0.1) is 0 Å². The first-order valence-electron chi connectivity index (χ1n) is 6.11. The zero-order valence-corrected chi connectivity index (χ0v) is 11.8. The molecule has 0 saturated carbocycles. The van der Waals surface area contributed by atoms with E-state index in [-0.39, 0.29) is 0 Å². The fourth-order valence-electron chi connectivity index (χ4n) is 1.96. The number of fused-ring (bicyclic) bond motifs is 1. The number of aromatic nitrogens is 4. The molecule has 2 N–H and O–H groups in total. The average Bonchev–Trinajstić information content (AvgIpc) is 2.94. The highest BCUT2D eigenvalue weighted by atomic mass is 32.2. The summed E-state index contributed by atoms with van der Waals surface area (Å²) in [6, 6.07) is 6.83. The van der Waals surface area contributed by atoms with Gasteiger partial charge in [0.1, 0.15) is 0 Å². The molecule has 1 aromatic carbocycles. The van der Waals surface area contributed by atoms with Crippen molar-refractivity contribution in [1.82, 2.24) is 20.2 Å². The number of thioether (sulfide) groups is 1. The number of alkyl halides is 2. The van der Waals surface area contributed by atoms with Crippen LogP contribution in [0, 0.1) is 0 Å². The summed E-state index contributed by atoms with van der Waals surface area (Å²) in [5, 5.41) is 10.4. The van der Waals surface area contributed by atoms with Crippen LogP contribution in [-0.2, 0) is 0 Å². The van der Waals surface area contributed by atoms with Crippen LogP contribution in [0.15, 0.2) is 35.4 Å². The van der Waals surface area contributed by atoms with E-state index in [0.717, 1.165) is 10.9 Å². The van der Waals surface area contributed by atoms with Crippen LogP contribution < -0.4 is 5.32 Å². The zero-order valence-electron chi connectivity index (χ0n) is 11.0. The van der Waals surface area contributed by atoms with Crippen molar-refractivity contribution < 1.29 is 8.78 Å². The number of halogens is 2. The van der Waals surface area contributed by atoms with E-state index in [4.69, 9.17) is 0 Å². The van der Waals surface area contributed by atoms with E-state index in [1.807, 2.05) is 0 Å². The molecular weight excluding hydrogens is 296 g/mol. The molecule has 0 saturated heterocycles. The first kappa shape index (κ1) is 13.7. The third-order valence-corrected chi connectivity index (χ3v) is 3.61. The number of anilines is 1. The molecule has 0 aliphatic heterocycles. The van der Waals surface area contributed by atoms with Crippen molar-refractivity contribution in [3.63, 3.8) is 0 Å². The van der Waals surface area contributed by atoms with E-state index >= 15 is 0 Å². The van der Waals surface area contributed by atoms with Crippen LogP contribution in [0.5, 0.6) is 0 Å². The Balaban J connectivity index is 2.05. The van der Waals surface area contributed by atoms with Crippen molar-refractivity contribution in [3.05, 3.63) is 30.5 Å². The Morgan fingerprint density at radius 3 is 2.62 bits per heavy atom. The number of nitrogens with one attached hydrogen (secondary N) is 2. The van der Waals surface area contributed by atoms with E-state index in [1.54, 1.807) is 37.5 Å². The second-order valence-corrected chi connectivity index (χ2v) is 5.24. The molecule has 0 spiro atoms. The minimum atomic E-state index is -2.42. The fourth-order valence-corrected chi connectivity index (χ4v) is 2.46. The summed E-state index contributed by atoms with van der Waals surface area (Å²) in [6.07, 6.45) is 1.64. The summed E-state index contributed by atoms with van der Waals surface area (Å²) in [7, 11) is 1.73. The van der Waals surface area contributed by atoms with Gasteiger partial charge in [0.15, 0.2) is 5.65 Å². The van der Waals surface area contributed by atoms with Gasteiger partial charge in [-0.1, -0.05) is 23.9 Å². The highest BCUT2D eigenvalue weighted by Crippen LogP contribution is 2.30. The molecule has 5 nitrogen and oxygen atoms in total. The maximum absolute atomic E-state index is 12.3. The van der Waals surface area contributed by atoms with Crippen molar-refractivity contribution in [2.24, 2.45) is 0 Å². The standard InChI is InChI=1S/C13H11F2N5S/c1-16-13-18-10(9-6-17-20-11(9)19-13)7-2-4-8(5-3-7)21-12(14)15/h2-6,12H,1H3,(H2,16,17,18,19,20). The highest BCUT2D eigenvalue weighted by molar-refractivity contribution is 7.99. The molecule has 0 amide bonds. The summed E-state index contributed by atoms with van der Waals surface area (Å²) in [6.45, 7) is 0. The number of hydrogen-bond acceptors (Lipinski definition) is 5. The maximum atomic E-state index is 12.3. The van der Waals surface area contributed by atoms with Gasteiger partial charge in [0.05, 0.1) is 17.3 Å². The van der Waals surface area contributed by atoms with Gasteiger partial charge in [0.25, 0.3) is 5.76 Å². The maximum Gasteiger partial charge on any atom is 0.288 e. The zero-order chi connectivity index (χ0) is 14.8. The molecule has 108 valence electrons. The van der Waals surface area contributed by atoms with Gasteiger partial charge in [0.2, 0.25) is 5.95 Å². The van der Waals surface area contributed by atoms with Gasteiger partial charge in [0, 0.05) is 17.5 Å². The van der Waals surface area contributed by atoms with E-state index in [9.17, 15) is 8.78 Å². The molecule has 2 heterocycles. The SMILES string of the molecule is CNc1nc(-c2ccc(SC(F)F)cc2)c2cn[nH]c2n1. The minimum Gasteiger partial charge on any atom is -0.357 e. The second kappa shape index (κ2) is 5.65. The Morgan fingerprint density at radius 1 is 1.19 bits per heavy atom. The summed E-state index contributed by atoms with van der Waals surface area (Å²) >= 11 is 0.518. The predicted octanol–water partition coefficient (Wildman–Crippen LogP) is 3.38. The molecule has 21 heavy (non-hydrogen) atoms. The number of aromatic amines is 1. The van der Waals surface area contributed by atoms with E-state index in [2.05, 4.69) is 25.5 Å². The van der Waals surface area contributed by atoms with Crippen LogP contribution in [0.1, 0.15) is 0 Å². The van der Waals surface area contributed by atoms with Crippen LogP contribution in [0.25, 0.3) is 22.3 Å². The molecule has 0 aliphatic rings. The fraction of sp³-hybridized carbons (Fsp3) is 0.154. The van der Waals surface area contributed by atoms with Gasteiger partial charge in [-0.25, -0.2) is 4.98 Å². The van der Waals surface area contributed by atoms with Crippen molar-refractivity contribution in [2.75, 3.05) is 12.4 Å². The molecule has 3 rings (SSSR count). The van der Waals surface area contributed by atoms with Crippen molar-refractivity contribution in [3.8, 4) is 11.3 Å². The van der Waals surface area contributed by atoms with Crippen molar-refractivity contribution in [2.45, 2.75) is 10.7 Å². The number of rotatable bonds is 4. The molecule has 2 aromatic heterocycles. The normalized spacial score (nSPS) is 11.2. The molecule has 0 fully saturated rings. The Hall–Kier alpha value is -2.22. The topological polar surface area (TPSA) is 66.5 Å². The number of nitrogens with zero attached hydrogens (tertiary/aromatic N) is 3. The molecule has 0 bridgehead atoms. The van der Waals surface area contributed by atoms with Crippen LogP contribution >= 0.6 is 11.8 Å². The lowest BCUT2D eigenvalue weighted by Crippen LogP contribution is -1.98. The Kier molecular flexibility index (Phi) is 3.70. The molecular formula is C13H11F2N5S. The van der Waals surface area contributed by atoms with Crippen LogP contribution in [0.3, 0.4) is 0 Å². The Morgan fingerprint density at radius 2 is 1.95 bits per heavy atom. The average molecular weight is 307 g/mol. The summed E-state index contributed by atoms with van der Waals surface area (Å²) in [4.78, 5) is 9.18. The van der Waals surface area contributed by atoms with Crippen LogP contribution in [-0.4, -0.2) is 33.0 Å². The first-order chi connectivity index (χ1) is 10.2.